The third-order valence-corrected chi connectivity index (χ3v) is 6.57. The van der Waals surface area contributed by atoms with Crippen molar-refractivity contribution in [1.29, 1.82) is 0 Å². The number of hydrogen-bond donors (Lipinski definition) is 2. The van der Waals surface area contributed by atoms with Crippen molar-refractivity contribution >= 4 is 55.9 Å². The minimum atomic E-state index is -1.36. The Bertz CT molecular complexity index is 1100. The number of nitrogens with zero attached hydrogens (tertiary/aromatic N) is 2. The van der Waals surface area contributed by atoms with Crippen molar-refractivity contribution in [2.45, 2.75) is 16.7 Å². The van der Waals surface area contributed by atoms with Crippen molar-refractivity contribution in [1.82, 2.24) is 10.2 Å². The SMILES string of the molecule is Cc1nnc(NS(=O)c2ccc(NSc3ccc4ccccc4c3)cc2)s1. The van der Waals surface area contributed by atoms with Gasteiger partial charge in [-0.25, -0.2) is 4.21 Å². The Balaban J connectivity index is 1.39. The molecule has 1 unspecified atom stereocenters. The van der Waals surface area contributed by atoms with Crippen LogP contribution in [0.4, 0.5) is 10.8 Å². The quantitative estimate of drug-likeness (QED) is 0.423. The number of rotatable bonds is 6. The highest BCUT2D eigenvalue weighted by molar-refractivity contribution is 8.00. The minimum absolute atomic E-state index is 0.555. The number of hydrogen-bond acceptors (Lipinski definition) is 6. The van der Waals surface area contributed by atoms with Crippen LogP contribution >= 0.6 is 23.3 Å². The molecule has 0 bridgehead atoms. The molecule has 0 aliphatic heterocycles. The third-order valence-electron chi connectivity index (χ3n) is 3.78. The first-order chi connectivity index (χ1) is 13.2. The van der Waals surface area contributed by atoms with E-state index in [0.29, 0.717) is 10.0 Å². The van der Waals surface area contributed by atoms with Crippen molar-refractivity contribution in [2.24, 2.45) is 0 Å². The zero-order valence-electron chi connectivity index (χ0n) is 14.4. The molecule has 1 heterocycles. The summed E-state index contributed by atoms with van der Waals surface area (Å²) in [5, 5.41) is 11.7. The lowest BCUT2D eigenvalue weighted by Crippen LogP contribution is -2.04. The molecule has 0 aliphatic rings. The average Bonchev–Trinajstić information content (AvgIpc) is 3.11. The van der Waals surface area contributed by atoms with Crippen molar-refractivity contribution in [2.75, 3.05) is 9.44 Å². The highest BCUT2D eigenvalue weighted by Crippen LogP contribution is 2.26. The molecule has 0 aliphatic carbocycles. The lowest BCUT2D eigenvalue weighted by atomic mass is 10.1. The second kappa shape index (κ2) is 8.08. The Morgan fingerprint density at radius 3 is 2.48 bits per heavy atom. The molecule has 136 valence electrons. The van der Waals surface area contributed by atoms with Gasteiger partial charge in [-0.3, -0.25) is 4.72 Å². The van der Waals surface area contributed by atoms with Gasteiger partial charge >= 0.3 is 0 Å². The summed E-state index contributed by atoms with van der Waals surface area (Å²) in [7, 11) is -1.36. The molecule has 5 nitrogen and oxygen atoms in total. The van der Waals surface area contributed by atoms with Crippen LogP contribution in [-0.4, -0.2) is 14.4 Å². The van der Waals surface area contributed by atoms with E-state index in [1.54, 1.807) is 11.9 Å². The summed E-state index contributed by atoms with van der Waals surface area (Å²) < 4.78 is 18.5. The van der Waals surface area contributed by atoms with E-state index in [2.05, 4.69) is 50.0 Å². The van der Waals surface area contributed by atoms with E-state index in [1.807, 2.05) is 43.3 Å². The van der Waals surface area contributed by atoms with Gasteiger partial charge in [0.15, 0.2) is 11.0 Å². The van der Waals surface area contributed by atoms with Gasteiger partial charge < -0.3 is 4.72 Å². The van der Waals surface area contributed by atoms with E-state index >= 15 is 0 Å². The van der Waals surface area contributed by atoms with Crippen LogP contribution in [0.2, 0.25) is 0 Å². The summed E-state index contributed by atoms with van der Waals surface area (Å²) in [6.07, 6.45) is 0. The highest BCUT2D eigenvalue weighted by atomic mass is 32.2. The summed E-state index contributed by atoms with van der Waals surface area (Å²) in [4.78, 5) is 1.82. The molecular formula is C19H16N4OS3. The van der Waals surface area contributed by atoms with E-state index < -0.39 is 11.0 Å². The van der Waals surface area contributed by atoms with Gasteiger partial charge in [0.1, 0.15) is 5.01 Å². The largest absolute Gasteiger partial charge is 0.326 e. The molecule has 3 aromatic carbocycles. The van der Waals surface area contributed by atoms with E-state index in [9.17, 15) is 4.21 Å². The first-order valence-electron chi connectivity index (χ1n) is 8.18. The maximum Gasteiger partial charge on any atom is 0.217 e. The number of nitrogens with one attached hydrogen (secondary N) is 2. The monoisotopic (exact) mass is 412 g/mol. The second-order valence-electron chi connectivity index (χ2n) is 5.73. The summed E-state index contributed by atoms with van der Waals surface area (Å²) in [6.45, 7) is 1.86. The Kier molecular flexibility index (Phi) is 5.38. The first-order valence-corrected chi connectivity index (χ1v) is 11.0. The van der Waals surface area contributed by atoms with Gasteiger partial charge in [-0.1, -0.05) is 41.7 Å². The lowest BCUT2D eigenvalue weighted by molar-refractivity contribution is 0.686. The Morgan fingerprint density at radius 2 is 1.74 bits per heavy atom. The van der Waals surface area contributed by atoms with Crippen LogP contribution < -0.4 is 9.44 Å². The fraction of sp³-hybridized carbons (Fsp3) is 0.0526. The number of anilines is 2. The molecule has 4 aromatic rings. The smallest absolute Gasteiger partial charge is 0.217 e. The normalized spacial score (nSPS) is 12.0. The fourth-order valence-electron chi connectivity index (χ4n) is 2.47. The van der Waals surface area contributed by atoms with E-state index in [-0.39, 0.29) is 0 Å². The van der Waals surface area contributed by atoms with Gasteiger partial charge in [0.2, 0.25) is 5.13 Å². The zero-order chi connectivity index (χ0) is 18.6. The molecule has 0 saturated carbocycles. The molecule has 1 atom stereocenters. The van der Waals surface area contributed by atoms with Crippen LogP contribution in [0.5, 0.6) is 0 Å². The van der Waals surface area contributed by atoms with Crippen molar-refractivity contribution < 1.29 is 4.21 Å². The maximum absolute atomic E-state index is 12.4. The molecule has 0 amide bonds. The van der Waals surface area contributed by atoms with Crippen LogP contribution in [0.3, 0.4) is 0 Å². The van der Waals surface area contributed by atoms with Crippen LogP contribution in [0.15, 0.2) is 76.5 Å². The summed E-state index contributed by atoms with van der Waals surface area (Å²) in [5.74, 6) is 0. The second-order valence-corrected chi connectivity index (χ2v) is 9.01. The number of benzene rings is 3. The molecule has 0 radical (unpaired) electrons. The molecule has 0 saturated heterocycles. The highest BCUT2D eigenvalue weighted by Gasteiger charge is 2.07. The standard InChI is InChI=1S/C19H16N4OS3/c1-13-20-21-19(25-13)23-27(24)18-10-7-16(8-11-18)22-26-17-9-6-14-4-2-3-5-15(14)12-17/h2-12,22H,1H3,(H,21,23). The Labute approximate surface area is 168 Å². The van der Waals surface area contributed by atoms with Crippen LogP contribution in [0.25, 0.3) is 10.8 Å². The number of aromatic nitrogens is 2. The summed E-state index contributed by atoms with van der Waals surface area (Å²) in [6, 6.07) is 22.2. The van der Waals surface area contributed by atoms with Gasteiger partial charge in [0.05, 0.1) is 4.90 Å². The summed E-state index contributed by atoms with van der Waals surface area (Å²) >= 11 is 2.93. The van der Waals surface area contributed by atoms with Crippen molar-refractivity contribution in [3.8, 4) is 0 Å². The van der Waals surface area contributed by atoms with Crippen molar-refractivity contribution in [3.63, 3.8) is 0 Å². The number of aryl methyl sites for hydroxylation is 1. The van der Waals surface area contributed by atoms with Gasteiger partial charge in [-0.2, -0.15) is 0 Å². The van der Waals surface area contributed by atoms with Gasteiger partial charge in [-0.15, -0.1) is 10.2 Å². The molecule has 0 spiro atoms. The van der Waals surface area contributed by atoms with E-state index in [1.165, 1.54) is 22.1 Å². The molecular weight excluding hydrogens is 396 g/mol. The topological polar surface area (TPSA) is 66.9 Å². The lowest BCUT2D eigenvalue weighted by Gasteiger charge is -2.08. The van der Waals surface area contributed by atoms with Crippen molar-refractivity contribution in [3.05, 3.63) is 71.7 Å². The zero-order valence-corrected chi connectivity index (χ0v) is 16.8. The molecule has 0 fully saturated rings. The van der Waals surface area contributed by atoms with Gasteiger partial charge in [0, 0.05) is 10.6 Å². The molecule has 4 rings (SSSR count). The van der Waals surface area contributed by atoms with Gasteiger partial charge in [-0.05, 0) is 66.0 Å². The fourth-order valence-corrected chi connectivity index (χ4v) is 4.70. The minimum Gasteiger partial charge on any atom is -0.326 e. The molecule has 2 N–H and O–H groups in total. The maximum atomic E-state index is 12.4. The molecule has 27 heavy (non-hydrogen) atoms. The molecule has 1 aromatic heterocycles. The van der Waals surface area contributed by atoms with E-state index in [0.717, 1.165) is 15.6 Å². The Morgan fingerprint density at radius 1 is 0.963 bits per heavy atom. The molecule has 8 heteroatoms. The predicted molar refractivity (Wildman–Crippen MR) is 115 cm³/mol. The average molecular weight is 413 g/mol. The summed E-state index contributed by atoms with van der Waals surface area (Å²) in [5.41, 5.74) is 0.945. The van der Waals surface area contributed by atoms with Gasteiger partial charge in [0.25, 0.3) is 0 Å². The van der Waals surface area contributed by atoms with Crippen LogP contribution in [0.1, 0.15) is 5.01 Å². The van der Waals surface area contributed by atoms with E-state index in [4.69, 9.17) is 0 Å². The Hall–Kier alpha value is -2.42. The first kappa shape index (κ1) is 18.0. The third kappa shape index (κ3) is 4.47. The van der Waals surface area contributed by atoms with Crippen LogP contribution in [-0.2, 0) is 11.0 Å². The number of fused-ring (bicyclic) bond motifs is 1. The van der Waals surface area contributed by atoms with Crippen LogP contribution in [0, 0.1) is 6.92 Å². The predicted octanol–water partition coefficient (Wildman–Crippen LogP) is 5.25.